The van der Waals surface area contributed by atoms with Crippen LogP contribution in [-0.2, 0) is 32.9 Å². The van der Waals surface area contributed by atoms with Gasteiger partial charge < -0.3 is 14.4 Å². The molecule has 0 radical (unpaired) electrons. The second-order valence-electron chi connectivity index (χ2n) is 16.0. The van der Waals surface area contributed by atoms with Crippen molar-refractivity contribution in [2.24, 2.45) is 0 Å². The maximum atomic E-state index is 9.80. The molecule has 0 spiro atoms. The maximum Gasteiger partial charge on any atom is 0.135 e. The molecule has 3 heterocycles. The van der Waals surface area contributed by atoms with E-state index in [-0.39, 0.29) is 65.5 Å². The summed E-state index contributed by atoms with van der Waals surface area (Å²) in [5.74, 6) is 0.645. The third kappa shape index (κ3) is 7.52. The van der Waals surface area contributed by atoms with Crippen molar-refractivity contribution in [3.8, 4) is 39.2 Å². The minimum atomic E-state index is -2.23. The van der Waals surface area contributed by atoms with Crippen molar-refractivity contribution in [3.05, 3.63) is 235 Å². The van der Waals surface area contributed by atoms with Gasteiger partial charge in [-0.15, -0.1) is 17.7 Å². The number of pyridine rings is 1. The van der Waals surface area contributed by atoms with Crippen molar-refractivity contribution >= 4 is 44.6 Å². The van der Waals surface area contributed by atoms with Crippen molar-refractivity contribution in [3.63, 3.8) is 0 Å². The van der Waals surface area contributed by atoms with Crippen LogP contribution in [0.3, 0.4) is 0 Å². The minimum Gasteiger partial charge on any atom is -0.493 e. The molecule has 11 rings (SSSR count). The van der Waals surface area contributed by atoms with E-state index in [2.05, 4.69) is 32.9 Å². The van der Waals surface area contributed by atoms with Crippen LogP contribution >= 0.6 is 0 Å². The number of anilines is 4. The van der Waals surface area contributed by atoms with Crippen molar-refractivity contribution in [1.29, 1.82) is 0 Å². The monoisotopic (exact) mass is 1020 g/mol. The van der Waals surface area contributed by atoms with Gasteiger partial charge in [0.2, 0.25) is 0 Å². The fraction of sp³-hybridized carbons (Fsp3) is 0.0847. The molecule has 0 amide bonds. The Labute approximate surface area is 414 Å². The summed E-state index contributed by atoms with van der Waals surface area (Å²) < 4.78 is 155. The van der Waals surface area contributed by atoms with E-state index < -0.39 is 108 Å². The summed E-state index contributed by atoms with van der Waals surface area (Å²) in [6, 6.07) is 26.1. The minimum absolute atomic E-state index is 0. The summed E-state index contributed by atoms with van der Waals surface area (Å²) in [6.07, 6.45) is -0.464. The Morgan fingerprint density at radius 3 is 1.88 bits per heavy atom. The Hall–Kier alpha value is -7.00. The summed E-state index contributed by atoms with van der Waals surface area (Å²) in [5.41, 5.74) is 1.97. The molecule has 0 N–H and O–H groups in total. The Balaban J connectivity index is 0.00000736. The molecule has 0 saturated carbocycles. The smallest absolute Gasteiger partial charge is 0.135 e. The molecular weight excluding hydrogens is 960 g/mol. The van der Waals surface area contributed by atoms with Gasteiger partial charge in [0.1, 0.15) is 5.82 Å². The van der Waals surface area contributed by atoms with Gasteiger partial charge in [-0.1, -0.05) is 147 Å². The predicted octanol–water partition coefficient (Wildman–Crippen LogP) is 15.1. The summed E-state index contributed by atoms with van der Waals surface area (Å²) >= 11 is 0. The molecule has 314 valence electrons. The van der Waals surface area contributed by atoms with Crippen molar-refractivity contribution in [2.45, 2.75) is 32.6 Å². The number of para-hydroxylation sites is 3. The van der Waals surface area contributed by atoms with E-state index in [0.29, 0.717) is 28.4 Å². The van der Waals surface area contributed by atoms with E-state index in [1.807, 2.05) is 47.0 Å². The molecule has 1 aliphatic rings. The van der Waals surface area contributed by atoms with Crippen molar-refractivity contribution in [1.82, 2.24) is 9.55 Å². The first-order chi connectivity index (χ1) is 37.8. The fourth-order valence-corrected chi connectivity index (χ4v) is 8.09. The Bertz CT molecular complexity index is 4110. The van der Waals surface area contributed by atoms with E-state index in [4.69, 9.17) is 20.1 Å². The molecule has 0 fully saturated rings. The zero-order valence-electron chi connectivity index (χ0n) is 51.6. The Kier molecular flexibility index (Phi) is 6.87. The maximum absolute atomic E-state index is 9.80. The number of hydrogen-bond donors (Lipinski definition) is 0. The molecule has 10 aromatic rings. The van der Waals surface area contributed by atoms with Crippen LogP contribution in [-0.4, -0.2) is 9.55 Å². The largest absolute Gasteiger partial charge is 0.493 e. The van der Waals surface area contributed by atoms with Gasteiger partial charge in [0, 0.05) is 63.7 Å². The molecule has 0 saturated heterocycles. The standard InChI is InChI=1S/C59H45N4.Pt/c1-59(2,3)47-32-33-60-57(39-47)63-53-27-14-13-26-49(53)50-31-30-42(36-56(50)63)34-41-18-17-25-48(35-41)61-40-62(55-29-16-15-28-54(55)61)58-51(44-21-9-5-10-22-44)37-46(43-19-7-4-8-20-43)38-52(58)45-23-11-6-12-24-45;/h4-33,37-40H,34H2,1-3H3;/q-3;/i4D,5D,6D,7D,8D,9D,10D,11D,12D,19D,20D,21D,22D,23D,24D,34D2;. The number of benzene rings is 8. The van der Waals surface area contributed by atoms with Gasteiger partial charge in [-0.05, 0) is 87.5 Å². The molecule has 5 heteroatoms. The average Bonchev–Trinajstić information content (AvgIpc) is 4.22. The van der Waals surface area contributed by atoms with Gasteiger partial charge in [-0.2, -0.15) is 53.6 Å². The Morgan fingerprint density at radius 2 is 1.20 bits per heavy atom. The third-order valence-corrected chi connectivity index (χ3v) is 11.0. The quantitative estimate of drug-likeness (QED) is 0.142. The molecule has 8 aromatic carbocycles. The van der Waals surface area contributed by atoms with Crippen LogP contribution in [0.4, 0.5) is 22.7 Å². The molecule has 0 aliphatic carbocycles. The normalized spacial score (nSPS) is 16.4. The molecule has 4 nitrogen and oxygen atoms in total. The zero-order chi connectivity index (χ0) is 57.3. The van der Waals surface area contributed by atoms with Crippen molar-refractivity contribution in [2.75, 3.05) is 9.80 Å². The van der Waals surface area contributed by atoms with E-state index in [1.54, 1.807) is 71.2 Å². The SMILES string of the molecule is [2H]c1c([2H])c([2H])c(-c2cc(-c3c([2H])c([2H])c([2H])c([2H])c3[2H])c(N3[CH-]N(c4[c-]c(C([2H])([2H])c5[c-]c6c(cc5)c5ccccc5n6-c5cc(C(C)(C)C)ccn5)ccc4)c4ccccc43)c(-c3c([2H])c([2H])c([2H])c([2H])c3[2H])c2)c([2H])c1[2H].[Pt]. The summed E-state index contributed by atoms with van der Waals surface area (Å²) in [5, 5.41) is 1.78. The van der Waals surface area contributed by atoms with E-state index in [1.165, 1.54) is 12.1 Å². The number of hydrogen-bond acceptors (Lipinski definition) is 3. The first kappa shape index (κ1) is 25.9. The predicted molar refractivity (Wildman–Crippen MR) is 262 cm³/mol. The number of fused-ring (bicyclic) bond motifs is 4. The molecule has 2 aromatic heterocycles. The van der Waals surface area contributed by atoms with Crippen LogP contribution in [0.2, 0.25) is 0 Å². The van der Waals surface area contributed by atoms with Gasteiger partial charge in [-0.3, -0.25) is 0 Å². The average molecular weight is 1020 g/mol. The molecule has 0 bridgehead atoms. The number of nitrogens with zero attached hydrogens (tertiary/aromatic N) is 4. The van der Waals surface area contributed by atoms with Crippen LogP contribution in [0.25, 0.3) is 61.0 Å². The summed E-state index contributed by atoms with van der Waals surface area (Å²) in [6.45, 7) is 7.92. The second kappa shape index (κ2) is 16.9. The van der Waals surface area contributed by atoms with E-state index in [9.17, 15) is 8.22 Å². The van der Waals surface area contributed by atoms with Crippen LogP contribution in [0, 0.1) is 18.8 Å². The molecular formula is C59H45N4Pt-3. The first-order valence-electron chi connectivity index (χ1n) is 28.7. The van der Waals surface area contributed by atoms with Crippen LogP contribution in [0.1, 0.15) is 60.8 Å². The third-order valence-electron chi connectivity index (χ3n) is 11.0. The van der Waals surface area contributed by atoms with Crippen LogP contribution in [0.15, 0.2) is 200 Å². The number of aromatic nitrogens is 2. The van der Waals surface area contributed by atoms with Crippen LogP contribution < -0.4 is 9.80 Å². The van der Waals surface area contributed by atoms with Crippen LogP contribution in [0.5, 0.6) is 0 Å². The Morgan fingerprint density at radius 1 is 0.594 bits per heavy atom. The van der Waals surface area contributed by atoms with Gasteiger partial charge in [-0.25, -0.2) is 4.98 Å². The van der Waals surface area contributed by atoms with Gasteiger partial charge >= 0.3 is 0 Å². The van der Waals surface area contributed by atoms with Crippen molar-refractivity contribution < 1.29 is 44.4 Å². The van der Waals surface area contributed by atoms with E-state index >= 15 is 0 Å². The molecule has 0 atom stereocenters. The van der Waals surface area contributed by atoms with E-state index in [0.717, 1.165) is 21.9 Å². The van der Waals surface area contributed by atoms with Gasteiger partial charge in [0.15, 0.2) is 0 Å². The summed E-state index contributed by atoms with van der Waals surface area (Å²) in [7, 11) is 0. The number of rotatable bonds is 8. The first-order valence-corrected chi connectivity index (χ1v) is 20.2. The zero-order valence-corrected chi connectivity index (χ0v) is 36.8. The van der Waals surface area contributed by atoms with Gasteiger partial charge in [0.05, 0.1) is 20.6 Å². The second-order valence-corrected chi connectivity index (χ2v) is 16.0. The molecule has 1 aliphatic heterocycles. The molecule has 64 heavy (non-hydrogen) atoms. The summed E-state index contributed by atoms with van der Waals surface area (Å²) in [4.78, 5) is 8.00. The van der Waals surface area contributed by atoms with Gasteiger partial charge in [0.25, 0.3) is 0 Å². The fourth-order valence-electron chi connectivity index (χ4n) is 8.09. The topological polar surface area (TPSA) is 24.3 Å². The molecule has 0 unspecified atom stereocenters.